The molecule has 4 heterocycles. The molecular weight excluding hydrogens is 344 g/mol. The summed E-state index contributed by atoms with van der Waals surface area (Å²) >= 11 is 0. The molecule has 6 unspecified atom stereocenters. The SMILES string of the molecule is COC1OC2OC3(CN4CCN(c5ccccc5)CC4)C1C(C[C@H]3O)C2C. The van der Waals surface area contributed by atoms with Crippen LogP contribution in [0.3, 0.4) is 0 Å². The Bertz CT molecular complexity index is 665. The van der Waals surface area contributed by atoms with E-state index >= 15 is 0 Å². The molecule has 6 rings (SSSR count). The van der Waals surface area contributed by atoms with E-state index in [4.69, 9.17) is 14.2 Å². The summed E-state index contributed by atoms with van der Waals surface area (Å²) in [5.41, 5.74) is 0.723. The standard InChI is InChI=1S/C21H30N2O4/c1-14-16-12-17(24)21(18(16)20(25-2)26-19(14)27-21)13-22-8-10-23(11-9-22)15-6-4-3-5-7-15/h3-7,14,16-20,24H,8-13H2,1-2H3/t14?,16?,17-,18?,19?,20?,21?/m1/s1. The molecule has 5 fully saturated rings. The largest absolute Gasteiger partial charge is 0.390 e. The Morgan fingerprint density at radius 2 is 1.93 bits per heavy atom. The third kappa shape index (κ3) is 2.73. The van der Waals surface area contributed by atoms with Crippen molar-refractivity contribution < 1.29 is 19.3 Å². The van der Waals surface area contributed by atoms with Crippen LogP contribution >= 0.6 is 0 Å². The maximum atomic E-state index is 11.0. The fourth-order valence-corrected chi connectivity index (χ4v) is 5.82. The molecule has 4 saturated heterocycles. The summed E-state index contributed by atoms with van der Waals surface area (Å²) in [4.78, 5) is 4.88. The molecule has 4 bridgehead atoms. The van der Waals surface area contributed by atoms with Gasteiger partial charge in [0.1, 0.15) is 5.60 Å². The highest BCUT2D eigenvalue weighted by Gasteiger charge is 2.69. The Morgan fingerprint density at radius 3 is 2.63 bits per heavy atom. The molecule has 5 aliphatic rings. The van der Waals surface area contributed by atoms with Gasteiger partial charge >= 0.3 is 0 Å². The molecule has 0 spiro atoms. The summed E-state index contributed by atoms with van der Waals surface area (Å²) in [5.74, 6) is 0.814. The van der Waals surface area contributed by atoms with E-state index in [1.165, 1.54) is 5.69 Å². The van der Waals surface area contributed by atoms with Gasteiger partial charge in [0, 0.05) is 57.4 Å². The lowest BCUT2D eigenvalue weighted by Gasteiger charge is -2.57. The Morgan fingerprint density at radius 1 is 1.19 bits per heavy atom. The molecule has 0 amide bonds. The number of fused-ring (bicyclic) bond motifs is 1. The van der Waals surface area contributed by atoms with Gasteiger partial charge in [-0.2, -0.15) is 0 Å². The van der Waals surface area contributed by atoms with Crippen molar-refractivity contribution in [1.29, 1.82) is 0 Å². The summed E-state index contributed by atoms with van der Waals surface area (Å²) in [5, 5.41) is 11.0. The van der Waals surface area contributed by atoms with Crippen molar-refractivity contribution in [2.24, 2.45) is 17.8 Å². The predicted octanol–water partition coefficient (Wildman–Crippen LogP) is 1.54. The number of para-hydroxylation sites is 1. The average Bonchev–Trinajstić information content (AvgIpc) is 2.96. The quantitative estimate of drug-likeness (QED) is 0.863. The zero-order chi connectivity index (χ0) is 18.6. The van der Waals surface area contributed by atoms with Crippen LogP contribution in [0.15, 0.2) is 30.3 Å². The molecule has 1 aromatic rings. The maximum Gasteiger partial charge on any atom is 0.166 e. The van der Waals surface area contributed by atoms with E-state index < -0.39 is 11.7 Å². The molecule has 148 valence electrons. The van der Waals surface area contributed by atoms with Crippen molar-refractivity contribution >= 4 is 5.69 Å². The van der Waals surface area contributed by atoms with Crippen LogP contribution < -0.4 is 4.90 Å². The molecule has 0 radical (unpaired) electrons. The van der Waals surface area contributed by atoms with Crippen LogP contribution in [-0.4, -0.2) is 74.1 Å². The van der Waals surface area contributed by atoms with Gasteiger partial charge in [-0.25, -0.2) is 0 Å². The summed E-state index contributed by atoms with van der Waals surface area (Å²) in [6.45, 7) is 6.87. The van der Waals surface area contributed by atoms with Crippen LogP contribution in [0.1, 0.15) is 13.3 Å². The first kappa shape index (κ1) is 17.9. The number of rotatable bonds is 4. The number of ether oxygens (including phenoxy) is 3. The van der Waals surface area contributed by atoms with Crippen LogP contribution in [0.2, 0.25) is 0 Å². The lowest BCUT2D eigenvalue weighted by molar-refractivity contribution is -0.410. The highest BCUT2D eigenvalue weighted by molar-refractivity contribution is 5.46. The fraction of sp³-hybridized carbons (Fsp3) is 0.714. The van der Waals surface area contributed by atoms with Crippen LogP contribution in [0.25, 0.3) is 0 Å². The average molecular weight is 374 g/mol. The van der Waals surface area contributed by atoms with E-state index in [2.05, 4.69) is 47.1 Å². The predicted molar refractivity (Wildman–Crippen MR) is 101 cm³/mol. The van der Waals surface area contributed by atoms with Crippen molar-refractivity contribution in [1.82, 2.24) is 4.90 Å². The molecule has 1 N–H and O–H groups in total. The van der Waals surface area contributed by atoms with Crippen molar-refractivity contribution in [2.45, 2.75) is 37.6 Å². The molecule has 27 heavy (non-hydrogen) atoms. The molecule has 0 aromatic heterocycles. The van der Waals surface area contributed by atoms with Gasteiger partial charge in [0.2, 0.25) is 0 Å². The summed E-state index contributed by atoms with van der Waals surface area (Å²) in [6, 6.07) is 10.6. The lowest BCUT2D eigenvalue weighted by atomic mass is 9.73. The number of piperazine rings is 1. The zero-order valence-electron chi connectivity index (χ0n) is 16.2. The summed E-state index contributed by atoms with van der Waals surface area (Å²) in [7, 11) is 1.70. The van der Waals surface area contributed by atoms with Crippen molar-refractivity contribution in [3.8, 4) is 0 Å². The zero-order valence-corrected chi connectivity index (χ0v) is 16.2. The van der Waals surface area contributed by atoms with Crippen LogP contribution in [0.4, 0.5) is 5.69 Å². The number of nitrogens with zero attached hydrogens (tertiary/aromatic N) is 2. The van der Waals surface area contributed by atoms with Gasteiger partial charge in [-0.05, 0) is 24.5 Å². The molecular formula is C21H30N2O4. The first-order valence-corrected chi connectivity index (χ1v) is 10.2. The summed E-state index contributed by atoms with van der Waals surface area (Å²) < 4.78 is 18.1. The first-order chi connectivity index (χ1) is 13.1. The smallest absolute Gasteiger partial charge is 0.166 e. The van der Waals surface area contributed by atoms with Gasteiger partial charge in [0.05, 0.1) is 6.10 Å². The molecule has 4 aliphatic heterocycles. The molecule has 6 heteroatoms. The normalized spacial score (nSPS) is 44.0. The number of methoxy groups -OCH3 is 1. The number of hydrogen-bond donors (Lipinski definition) is 1. The van der Waals surface area contributed by atoms with E-state index in [0.29, 0.717) is 11.8 Å². The van der Waals surface area contributed by atoms with Crippen LogP contribution in [0.5, 0.6) is 0 Å². The maximum absolute atomic E-state index is 11.0. The first-order valence-electron chi connectivity index (χ1n) is 10.2. The number of benzene rings is 1. The Kier molecular flexibility index (Phi) is 4.44. The van der Waals surface area contributed by atoms with E-state index in [1.54, 1.807) is 7.11 Å². The number of hydrogen-bond acceptors (Lipinski definition) is 6. The van der Waals surface area contributed by atoms with E-state index in [1.807, 2.05) is 0 Å². The number of aliphatic hydroxyl groups is 1. The minimum atomic E-state index is -0.560. The highest BCUT2D eigenvalue weighted by atomic mass is 16.8. The molecule has 1 aromatic carbocycles. The molecule has 1 saturated carbocycles. The van der Waals surface area contributed by atoms with Crippen molar-refractivity contribution in [3.63, 3.8) is 0 Å². The molecule has 1 aliphatic carbocycles. The fourth-order valence-electron chi connectivity index (χ4n) is 5.82. The third-order valence-electron chi connectivity index (χ3n) is 7.28. The minimum Gasteiger partial charge on any atom is -0.390 e. The van der Waals surface area contributed by atoms with E-state index in [0.717, 1.165) is 39.1 Å². The van der Waals surface area contributed by atoms with Gasteiger partial charge in [-0.1, -0.05) is 25.1 Å². The monoisotopic (exact) mass is 374 g/mol. The molecule has 7 atom stereocenters. The Labute approximate surface area is 161 Å². The number of anilines is 1. The van der Waals surface area contributed by atoms with Gasteiger partial charge < -0.3 is 24.2 Å². The van der Waals surface area contributed by atoms with Gasteiger partial charge in [-0.15, -0.1) is 0 Å². The topological polar surface area (TPSA) is 54.4 Å². The van der Waals surface area contributed by atoms with Crippen molar-refractivity contribution in [2.75, 3.05) is 44.7 Å². The Balaban J connectivity index is 1.31. The summed E-state index contributed by atoms with van der Waals surface area (Å²) in [6.07, 6.45) is -0.204. The second-order valence-corrected chi connectivity index (χ2v) is 8.58. The Hall–Kier alpha value is -1.18. The number of aliphatic hydroxyl groups excluding tert-OH is 1. The van der Waals surface area contributed by atoms with E-state index in [9.17, 15) is 5.11 Å². The third-order valence-corrected chi connectivity index (χ3v) is 7.28. The van der Waals surface area contributed by atoms with Gasteiger partial charge in [0.15, 0.2) is 12.6 Å². The van der Waals surface area contributed by atoms with E-state index in [-0.39, 0.29) is 18.5 Å². The van der Waals surface area contributed by atoms with Gasteiger partial charge in [0.25, 0.3) is 0 Å². The second kappa shape index (κ2) is 6.71. The van der Waals surface area contributed by atoms with Crippen LogP contribution in [-0.2, 0) is 14.2 Å². The lowest BCUT2D eigenvalue weighted by Crippen LogP contribution is -2.68. The van der Waals surface area contributed by atoms with Crippen LogP contribution in [0, 0.1) is 17.8 Å². The van der Waals surface area contributed by atoms with Gasteiger partial charge in [-0.3, -0.25) is 4.90 Å². The van der Waals surface area contributed by atoms with Crippen molar-refractivity contribution in [3.05, 3.63) is 30.3 Å². The second-order valence-electron chi connectivity index (χ2n) is 8.58. The highest BCUT2D eigenvalue weighted by Crippen LogP contribution is 2.58. The molecule has 6 nitrogen and oxygen atoms in total. The minimum absolute atomic E-state index is 0.102.